The molecule has 3 aromatic rings. The Kier molecular flexibility index (Phi) is 11.2. The lowest BCUT2D eigenvalue weighted by molar-refractivity contribution is -0.168. The number of rotatable bonds is 10. The van der Waals surface area contributed by atoms with Crippen molar-refractivity contribution in [1.29, 1.82) is 0 Å². The number of hydrogen-bond donors (Lipinski definition) is 2. The van der Waals surface area contributed by atoms with E-state index in [9.17, 15) is 19.5 Å². The molecule has 0 saturated heterocycles. The van der Waals surface area contributed by atoms with Crippen molar-refractivity contribution in [3.63, 3.8) is 0 Å². The van der Waals surface area contributed by atoms with Gasteiger partial charge < -0.3 is 19.8 Å². The van der Waals surface area contributed by atoms with Gasteiger partial charge in [-0.25, -0.2) is 4.79 Å². The smallest absolute Gasteiger partial charge is 0.339 e. The fourth-order valence-corrected chi connectivity index (χ4v) is 4.35. The van der Waals surface area contributed by atoms with Crippen LogP contribution in [0.5, 0.6) is 5.75 Å². The highest BCUT2D eigenvalue weighted by Gasteiger charge is 2.42. The molecule has 0 amide bonds. The number of Topliss-reactive ketones (excluding diaryl/α,β-unsaturated/α-hetero) is 1. The normalized spacial score (nSPS) is 13.0. The van der Waals surface area contributed by atoms with Gasteiger partial charge in [0.05, 0.1) is 5.56 Å². The van der Waals surface area contributed by atoms with E-state index in [2.05, 4.69) is 50.2 Å². The molecule has 0 bridgehead atoms. The summed E-state index contributed by atoms with van der Waals surface area (Å²) in [6.07, 6.45) is 1.04. The highest BCUT2D eigenvalue weighted by molar-refractivity contribution is 6.01. The van der Waals surface area contributed by atoms with E-state index in [0.29, 0.717) is 12.8 Å². The number of esters is 1. The molecule has 0 saturated carbocycles. The number of aromatic carboxylic acids is 1. The summed E-state index contributed by atoms with van der Waals surface area (Å²) in [5.74, 6) is -2.10. The molecule has 0 spiro atoms. The Balaban J connectivity index is 0.000000328. The van der Waals surface area contributed by atoms with Crippen molar-refractivity contribution >= 4 is 17.7 Å². The Morgan fingerprint density at radius 2 is 1.45 bits per heavy atom. The van der Waals surface area contributed by atoms with Crippen LogP contribution < -0.4 is 0 Å². The van der Waals surface area contributed by atoms with Gasteiger partial charge >= 0.3 is 11.9 Å². The quantitative estimate of drug-likeness (QED) is 0.267. The molecule has 3 aromatic carbocycles. The molecule has 202 valence electrons. The number of carbonyl (C=O) groups excluding carboxylic acids is 2. The van der Waals surface area contributed by atoms with Crippen molar-refractivity contribution in [3.05, 3.63) is 101 Å². The number of para-hydroxylation sites is 1. The van der Waals surface area contributed by atoms with E-state index in [1.165, 1.54) is 30.7 Å². The number of hydrogen-bond acceptors (Lipinski definition) is 6. The summed E-state index contributed by atoms with van der Waals surface area (Å²) in [6.45, 7) is 6.11. The first-order valence-electron chi connectivity index (χ1n) is 12.5. The second-order valence-electron chi connectivity index (χ2n) is 9.47. The van der Waals surface area contributed by atoms with Crippen molar-refractivity contribution in [2.24, 2.45) is 5.92 Å². The highest BCUT2D eigenvalue weighted by atomic mass is 16.6. The molecular formula is C31H37NO6. The van der Waals surface area contributed by atoms with E-state index in [1.807, 2.05) is 43.3 Å². The van der Waals surface area contributed by atoms with E-state index in [4.69, 9.17) is 9.84 Å². The maximum absolute atomic E-state index is 12.3. The first kappa shape index (κ1) is 30.3. The minimum absolute atomic E-state index is 0.0277. The minimum atomic E-state index is -1.25. The first-order valence-corrected chi connectivity index (χ1v) is 12.5. The van der Waals surface area contributed by atoms with Gasteiger partial charge in [0.15, 0.2) is 5.78 Å². The molecule has 0 aliphatic rings. The van der Waals surface area contributed by atoms with Crippen molar-refractivity contribution < 1.29 is 29.3 Å². The fraction of sp³-hybridized carbons (Fsp3) is 0.323. The summed E-state index contributed by atoms with van der Waals surface area (Å²) in [6, 6.07) is 24.5. The molecule has 0 fully saturated rings. The van der Waals surface area contributed by atoms with E-state index in [0.717, 1.165) is 12.1 Å². The minimum Gasteiger partial charge on any atom is -0.506 e. The number of aromatic hydroxyl groups is 1. The lowest BCUT2D eigenvalue weighted by Crippen LogP contribution is -2.44. The standard InChI is InChI=1S/C22H29NO2.C9H8O4/c1-5-21(24)25-22(18(2)17-23(3)4,20-14-10-7-11-15-20)16-19-12-8-6-9-13-19;1-5(10)6-3-2-4-7(8(6)11)9(12)13/h6-15,18H,5,16-17H2,1-4H3;2-4,11H,1H3,(H,12,13)/t18-,22+;/m1./s1. The van der Waals surface area contributed by atoms with Crippen molar-refractivity contribution in [2.75, 3.05) is 20.6 Å². The summed E-state index contributed by atoms with van der Waals surface area (Å²) in [5, 5.41) is 17.9. The molecule has 0 unspecified atom stereocenters. The van der Waals surface area contributed by atoms with Crippen LogP contribution in [0.25, 0.3) is 0 Å². The van der Waals surface area contributed by atoms with Crippen LogP contribution in [-0.4, -0.2) is 53.5 Å². The molecule has 0 aromatic heterocycles. The maximum atomic E-state index is 12.3. The predicted molar refractivity (Wildman–Crippen MR) is 147 cm³/mol. The third kappa shape index (κ3) is 8.02. The van der Waals surface area contributed by atoms with Gasteiger partial charge in [0.1, 0.15) is 16.9 Å². The van der Waals surface area contributed by atoms with E-state index < -0.39 is 17.3 Å². The van der Waals surface area contributed by atoms with Crippen molar-refractivity contribution in [1.82, 2.24) is 4.90 Å². The molecule has 0 radical (unpaired) electrons. The summed E-state index contributed by atoms with van der Waals surface area (Å²) in [5.41, 5.74) is 1.31. The number of ketones is 1. The lowest BCUT2D eigenvalue weighted by Gasteiger charge is -2.40. The van der Waals surface area contributed by atoms with E-state index in [-0.39, 0.29) is 28.8 Å². The first-order chi connectivity index (χ1) is 18.0. The van der Waals surface area contributed by atoms with Crippen LogP contribution in [-0.2, 0) is 21.6 Å². The van der Waals surface area contributed by atoms with Gasteiger partial charge in [0, 0.05) is 25.3 Å². The van der Waals surface area contributed by atoms with Crippen molar-refractivity contribution in [2.45, 2.75) is 39.2 Å². The SMILES string of the molecule is CC(=O)c1cccc(C(=O)O)c1O.CCC(=O)O[C@](Cc1ccccc1)(c1ccccc1)[C@H](C)CN(C)C. The predicted octanol–water partition coefficient (Wildman–Crippen LogP) is 5.57. The Labute approximate surface area is 224 Å². The molecule has 0 aliphatic carbocycles. The molecular weight excluding hydrogens is 482 g/mol. The van der Waals surface area contributed by atoms with Crippen LogP contribution in [0, 0.1) is 5.92 Å². The van der Waals surface area contributed by atoms with Gasteiger partial charge in [-0.3, -0.25) is 9.59 Å². The largest absolute Gasteiger partial charge is 0.506 e. The Morgan fingerprint density at radius 1 is 0.895 bits per heavy atom. The Morgan fingerprint density at radius 3 is 1.95 bits per heavy atom. The van der Waals surface area contributed by atoms with Gasteiger partial charge in [-0.1, -0.05) is 80.6 Å². The molecule has 3 rings (SSSR count). The Bertz CT molecular complexity index is 1180. The van der Waals surface area contributed by atoms with Crippen LogP contribution in [0.1, 0.15) is 59.0 Å². The number of carboxylic acids is 1. The van der Waals surface area contributed by atoms with Gasteiger partial charge in [0.25, 0.3) is 0 Å². The summed E-state index contributed by atoms with van der Waals surface area (Å²) < 4.78 is 6.17. The van der Waals surface area contributed by atoms with Gasteiger partial charge in [-0.05, 0) is 44.3 Å². The summed E-state index contributed by atoms with van der Waals surface area (Å²) >= 11 is 0. The number of benzene rings is 3. The van der Waals surface area contributed by atoms with E-state index in [1.54, 1.807) is 0 Å². The third-order valence-electron chi connectivity index (χ3n) is 6.24. The molecule has 2 N–H and O–H groups in total. The van der Waals surface area contributed by atoms with Crippen LogP contribution in [0.2, 0.25) is 0 Å². The van der Waals surface area contributed by atoms with Gasteiger partial charge in [-0.15, -0.1) is 0 Å². The van der Waals surface area contributed by atoms with Crippen LogP contribution in [0.3, 0.4) is 0 Å². The zero-order valence-electron chi connectivity index (χ0n) is 22.7. The number of carbonyl (C=O) groups is 3. The zero-order chi connectivity index (χ0) is 28.3. The number of nitrogens with zero attached hydrogens (tertiary/aromatic N) is 1. The lowest BCUT2D eigenvalue weighted by atomic mass is 9.77. The third-order valence-corrected chi connectivity index (χ3v) is 6.24. The fourth-order valence-electron chi connectivity index (χ4n) is 4.35. The highest BCUT2D eigenvalue weighted by Crippen LogP contribution is 2.38. The summed E-state index contributed by atoms with van der Waals surface area (Å²) in [7, 11) is 4.10. The van der Waals surface area contributed by atoms with Gasteiger partial charge in [-0.2, -0.15) is 0 Å². The molecule has 38 heavy (non-hydrogen) atoms. The molecule has 7 heteroatoms. The second-order valence-corrected chi connectivity index (χ2v) is 9.47. The molecule has 0 aliphatic heterocycles. The number of carboxylic acid groups (broad SMARTS) is 1. The topological polar surface area (TPSA) is 104 Å². The molecule has 0 heterocycles. The van der Waals surface area contributed by atoms with E-state index >= 15 is 0 Å². The van der Waals surface area contributed by atoms with Crippen LogP contribution in [0.4, 0.5) is 0 Å². The second kappa shape index (κ2) is 14.1. The van der Waals surface area contributed by atoms with Gasteiger partial charge in [0.2, 0.25) is 0 Å². The monoisotopic (exact) mass is 519 g/mol. The molecule has 7 nitrogen and oxygen atoms in total. The Hall–Kier alpha value is -3.97. The number of ether oxygens (including phenoxy) is 1. The van der Waals surface area contributed by atoms with Crippen LogP contribution >= 0.6 is 0 Å². The van der Waals surface area contributed by atoms with Crippen LogP contribution in [0.15, 0.2) is 78.9 Å². The zero-order valence-corrected chi connectivity index (χ0v) is 22.7. The molecule has 2 atom stereocenters. The summed E-state index contributed by atoms with van der Waals surface area (Å²) in [4.78, 5) is 35.9. The average molecular weight is 520 g/mol. The number of phenols is 1. The maximum Gasteiger partial charge on any atom is 0.339 e. The average Bonchev–Trinajstić information content (AvgIpc) is 2.89. The van der Waals surface area contributed by atoms with Crippen molar-refractivity contribution in [3.8, 4) is 5.75 Å².